The molecule has 1 N–H and O–H groups in total. The Morgan fingerprint density at radius 1 is 0.947 bits per heavy atom. The molecule has 1 saturated heterocycles. The van der Waals surface area contributed by atoms with E-state index < -0.39 is 0 Å². The molecule has 2 aliphatic rings. The Kier molecular flexibility index (Phi) is 3.64. The van der Waals surface area contributed by atoms with Crippen LogP contribution in [0.25, 0.3) is 0 Å². The zero-order valence-electron chi connectivity index (χ0n) is 12.3. The average molecular weight is 258 g/mol. The van der Waals surface area contributed by atoms with Gasteiger partial charge in [0.2, 0.25) is 0 Å². The summed E-state index contributed by atoms with van der Waals surface area (Å²) in [5.74, 6) is 0. The summed E-state index contributed by atoms with van der Waals surface area (Å²) in [6.07, 6.45) is 5.46. The van der Waals surface area contributed by atoms with Crippen LogP contribution in [0.3, 0.4) is 0 Å². The van der Waals surface area contributed by atoms with Crippen molar-refractivity contribution in [3.05, 3.63) is 34.9 Å². The molecule has 1 aliphatic carbocycles. The summed E-state index contributed by atoms with van der Waals surface area (Å²) in [7, 11) is 0. The lowest BCUT2D eigenvalue weighted by Crippen LogP contribution is -2.53. The fourth-order valence-corrected chi connectivity index (χ4v) is 4.08. The topological polar surface area (TPSA) is 15.3 Å². The van der Waals surface area contributed by atoms with Crippen LogP contribution in [0.15, 0.2) is 18.2 Å². The van der Waals surface area contributed by atoms with Gasteiger partial charge in [-0.1, -0.05) is 42.2 Å². The maximum Gasteiger partial charge on any atom is 0.0461 e. The normalized spacial score (nSPS) is 23.7. The van der Waals surface area contributed by atoms with E-state index in [4.69, 9.17) is 0 Å². The average Bonchev–Trinajstić information content (AvgIpc) is 2.89. The van der Waals surface area contributed by atoms with E-state index >= 15 is 0 Å². The van der Waals surface area contributed by atoms with Crippen molar-refractivity contribution in [1.29, 1.82) is 0 Å². The molecule has 19 heavy (non-hydrogen) atoms. The summed E-state index contributed by atoms with van der Waals surface area (Å²) in [6, 6.07) is 7.16. The van der Waals surface area contributed by atoms with Crippen LogP contribution in [0.1, 0.15) is 42.4 Å². The Morgan fingerprint density at radius 2 is 1.53 bits per heavy atom. The number of nitrogens with one attached hydrogen (secondary N) is 1. The fraction of sp³-hybridized carbons (Fsp3) is 0.647. The van der Waals surface area contributed by atoms with Gasteiger partial charge in [0.15, 0.2) is 0 Å². The van der Waals surface area contributed by atoms with E-state index in [0.717, 1.165) is 13.1 Å². The van der Waals surface area contributed by atoms with Gasteiger partial charge in [0.05, 0.1) is 0 Å². The van der Waals surface area contributed by atoms with Gasteiger partial charge in [-0.2, -0.15) is 0 Å². The molecule has 1 aromatic rings. The molecule has 2 nitrogen and oxygen atoms in total. The predicted molar refractivity (Wildman–Crippen MR) is 80.5 cm³/mol. The van der Waals surface area contributed by atoms with Crippen LogP contribution in [0, 0.1) is 13.8 Å². The molecule has 2 heteroatoms. The van der Waals surface area contributed by atoms with Crippen LogP contribution < -0.4 is 5.32 Å². The summed E-state index contributed by atoms with van der Waals surface area (Å²) in [5.41, 5.74) is 4.73. The summed E-state index contributed by atoms with van der Waals surface area (Å²) in [6.45, 7) is 9.16. The fourth-order valence-electron chi connectivity index (χ4n) is 4.08. The molecule has 0 unspecified atom stereocenters. The number of hydrogen-bond donors (Lipinski definition) is 1. The van der Waals surface area contributed by atoms with Crippen LogP contribution in [0.5, 0.6) is 0 Å². The van der Waals surface area contributed by atoms with Gasteiger partial charge in [0, 0.05) is 31.7 Å². The molecule has 0 amide bonds. The van der Waals surface area contributed by atoms with Crippen molar-refractivity contribution in [3.63, 3.8) is 0 Å². The van der Waals surface area contributed by atoms with Gasteiger partial charge in [0.1, 0.15) is 0 Å². The highest BCUT2D eigenvalue weighted by atomic mass is 15.2. The lowest BCUT2D eigenvalue weighted by atomic mass is 9.84. The van der Waals surface area contributed by atoms with Gasteiger partial charge in [-0.3, -0.25) is 4.90 Å². The van der Waals surface area contributed by atoms with Crippen molar-refractivity contribution in [2.24, 2.45) is 0 Å². The molecule has 0 bridgehead atoms. The highest BCUT2D eigenvalue weighted by Crippen LogP contribution is 2.44. The first-order valence-corrected chi connectivity index (χ1v) is 7.75. The Balaban J connectivity index is 1.99. The molecule has 0 spiro atoms. The highest BCUT2D eigenvalue weighted by Gasteiger charge is 2.41. The van der Waals surface area contributed by atoms with Crippen LogP contribution in [0.4, 0.5) is 0 Å². The Hall–Kier alpha value is -0.860. The number of rotatable bonds is 2. The van der Waals surface area contributed by atoms with E-state index in [-0.39, 0.29) is 0 Å². The van der Waals surface area contributed by atoms with Gasteiger partial charge < -0.3 is 5.32 Å². The van der Waals surface area contributed by atoms with Gasteiger partial charge in [-0.25, -0.2) is 0 Å². The van der Waals surface area contributed by atoms with Crippen LogP contribution in [0.2, 0.25) is 0 Å². The summed E-state index contributed by atoms with van der Waals surface area (Å²) in [5, 5.41) is 3.49. The van der Waals surface area contributed by atoms with Crippen molar-refractivity contribution < 1.29 is 0 Å². The first-order valence-electron chi connectivity index (χ1n) is 7.75. The minimum Gasteiger partial charge on any atom is -0.314 e. The summed E-state index contributed by atoms with van der Waals surface area (Å²) >= 11 is 0. The Morgan fingerprint density at radius 3 is 2.11 bits per heavy atom. The molecular formula is C17H26N2. The third-order valence-corrected chi connectivity index (χ3v) is 4.91. The maximum absolute atomic E-state index is 3.49. The summed E-state index contributed by atoms with van der Waals surface area (Å²) in [4.78, 5) is 2.75. The van der Waals surface area contributed by atoms with Crippen LogP contribution in [-0.2, 0) is 5.54 Å². The minimum atomic E-state index is 0.332. The lowest BCUT2D eigenvalue weighted by Gasteiger charge is -2.44. The maximum atomic E-state index is 3.49. The number of hydrogen-bond acceptors (Lipinski definition) is 2. The number of aryl methyl sites for hydroxylation is 2. The molecule has 1 saturated carbocycles. The molecular weight excluding hydrogens is 232 g/mol. The van der Waals surface area contributed by atoms with E-state index in [2.05, 4.69) is 42.3 Å². The summed E-state index contributed by atoms with van der Waals surface area (Å²) < 4.78 is 0. The Bertz CT molecular complexity index is 420. The van der Waals surface area contributed by atoms with Crippen molar-refractivity contribution in [3.8, 4) is 0 Å². The molecule has 0 atom stereocenters. The SMILES string of the molecule is Cc1cc(C)cc(C2(N3CCNCC3)CCCC2)c1. The molecule has 1 aliphatic heterocycles. The van der Waals surface area contributed by atoms with Crippen molar-refractivity contribution in [2.45, 2.75) is 45.1 Å². The van der Waals surface area contributed by atoms with Crippen molar-refractivity contribution in [2.75, 3.05) is 26.2 Å². The van der Waals surface area contributed by atoms with Crippen LogP contribution in [-0.4, -0.2) is 31.1 Å². The van der Waals surface area contributed by atoms with Gasteiger partial charge in [-0.15, -0.1) is 0 Å². The molecule has 0 radical (unpaired) electrons. The second-order valence-corrected chi connectivity index (χ2v) is 6.35. The second kappa shape index (κ2) is 5.26. The standard InChI is InChI=1S/C17H26N2/c1-14-11-15(2)13-16(12-14)17(5-3-4-6-17)19-9-7-18-8-10-19/h11-13,18H,3-10H2,1-2H3. The smallest absolute Gasteiger partial charge is 0.0461 e. The number of benzene rings is 1. The molecule has 104 valence electrons. The lowest BCUT2D eigenvalue weighted by molar-refractivity contribution is 0.0756. The molecule has 1 heterocycles. The molecule has 3 rings (SSSR count). The highest BCUT2D eigenvalue weighted by molar-refractivity contribution is 5.34. The first kappa shape index (κ1) is 13.1. The minimum absolute atomic E-state index is 0.332. The largest absolute Gasteiger partial charge is 0.314 e. The monoisotopic (exact) mass is 258 g/mol. The van der Waals surface area contributed by atoms with E-state index in [9.17, 15) is 0 Å². The van der Waals surface area contributed by atoms with E-state index in [0.29, 0.717) is 5.54 Å². The van der Waals surface area contributed by atoms with E-state index in [1.54, 1.807) is 5.56 Å². The molecule has 0 aromatic heterocycles. The third-order valence-electron chi connectivity index (χ3n) is 4.91. The van der Waals surface area contributed by atoms with Crippen molar-refractivity contribution in [1.82, 2.24) is 10.2 Å². The number of piperazine rings is 1. The van der Waals surface area contributed by atoms with E-state index in [1.807, 2.05) is 0 Å². The van der Waals surface area contributed by atoms with Gasteiger partial charge >= 0.3 is 0 Å². The zero-order valence-corrected chi connectivity index (χ0v) is 12.3. The quantitative estimate of drug-likeness (QED) is 0.877. The van der Waals surface area contributed by atoms with E-state index in [1.165, 1.54) is 49.9 Å². The van der Waals surface area contributed by atoms with Crippen molar-refractivity contribution >= 4 is 0 Å². The third kappa shape index (κ3) is 2.44. The first-order chi connectivity index (χ1) is 9.21. The molecule has 2 fully saturated rings. The number of nitrogens with zero attached hydrogens (tertiary/aromatic N) is 1. The van der Waals surface area contributed by atoms with Gasteiger partial charge in [0.25, 0.3) is 0 Å². The predicted octanol–water partition coefficient (Wildman–Crippen LogP) is 2.98. The van der Waals surface area contributed by atoms with Gasteiger partial charge in [-0.05, 0) is 32.3 Å². The Labute approximate surface area is 117 Å². The molecule has 1 aromatic carbocycles. The zero-order chi connectivity index (χ0) is 13.3. The van der Waals surface area contributed by atoms with Crippen LogP contribution >= 0.6 is 0 Å². The second-order valence-electron chi connectivity index (χ2n) is 6.35.